The number of nitrogens with zero attached hydrogens (tertiary/aromatic N) is 2. The summed E-state index contributed by atoms with van der Waals surface area (Å²) in [4.78, 5) is 12.4. The Hall–Kier alpha value is -2.49. The van der Waals surface area contributed by atoms with Crippen molar-refractivity contribution in [1.29, 1.82) is 0 Å². The van der Waals surface area contributed by atoms with Gasteiger partial charge >= 0.3 is 5.69 Å². The molecule has 4 nitrogen and oxygen atoms in total. The third-order valence-corrected chi connectivity index (χ3v) is 3.48. The van der Waals surface area contributed by atoms with E-state index in [9.17, 15) is 4.79 Å². The van der Waals surface area contributed by atoms with Gasteiger partial charge in [-0.3, -0.25) is 9.13 Å². The number of benzene rings is 2. The van der Waals surface area contributed by atoms with Crippen LogP contribution in [0.25, 0.3) is 16.7 Å². The quantitative estimate of drug-likeness (QED) is 0.676. The van der Waals surface area contributed by atoms with Crippen molar-refractivity contribution in [1.82, 2.24) is 9.13 Å². The summed E-state index contributed by atoms with van der Waals surface area (Å²) in [7, 11) is 1.78. The van der Waals surface area contributed by atoms with E-state index in [1.54, 1.807) is 16.2 Å². The predicted octanol–water partition coefficient (Wildman–Crippen LogP) is 2.22. The summed E-state index contributed by atoms with van der Waals surface area (Å²) >= 11 is 0. The molecule has 0 fully saturated rings. The number of para-hydroxylation sites is 2. The minimum absolute atomic E-state index is 0.0653. The average Bonchev–Trinajstić information content (AvgIpc) is 2.66. The normalized spacial score (nSPS) is 11.1. The van der Waals surface area contributed by atoms with Crippen LogP contribution in [-0.4, -0.2) is 9.13 Å². The Morgan fingerprint density at radius 3 is 2.42 bits per heavy atom. The van der Waals surface area contributed by atoms with Crippen LogP contribution in [0.15, 0.2) is 47.3 Å². The van der Waals surface area contributed by atoms with Gasteiger partial charge in [-0.2, -0.15) is 0 Å². The van der Waals surface area contributed by atoms with Crippen LogP contribution in [0.2, 0.25) is 0 Å². The van der Waals surface area contributed by atoms with E-state index in [0.29, 0.717) is 5.69 Å². The Kier molecular flexibility index (Phi) is 2.45. The molecule has 0 saturated carbocycles. The lowest BCUT2D eigenvalue weighted by Gasteiger charge is -2.06. The molecule has 0 amide bonds. The molecule has 2 aromatic carbocycles. The van der Waals surface area contributed by atoms with Crippen molar-refractivity contribution in [2.45, 2.75) is 6.92 Å². The number of aromatic nitrogens is 2. The highest BCUT2D eigenvalue weighted by atomic mass is 16.1. The maximum Gasteiger partial charge on any atom is 0.333 e. The minimum atomic E-state index is -0.0653. The maximum absolute atomic E-state index is 12.4. The van der Waals surface area contributed by atoms with Crippen molar-refractivity contribution in [3.8, 4) is 5.69 Å². The van der Waals surface area contributed by atoms with Gasteiger partial charge in [0.25, 0.3) is 0 Å². The Morgan fingerprint density at radius 1 is 1.05 bits per heavy atom. The fourth-order valence-electron chi connectivity index (χ4n) is 2.31. The molecule has 0 unspecified atom stereocenters. The first kappa shape index (κ1) is 11.6. The highest BCUT2D eigenvalue weighted by molar-refractivity contribution is 5.78. The largest absolute Gasteiger partial charge is 0.398 e. The Labute approximate surface area is 110 Å². The van der Waals surface area contributed by atoms with Crippen molar-refractivity contribution < 1.29 is 0 Å². The molecule has 0 saturated heterocycles. The molecule has 0 spiro atoms. The molecule has 96 valence electrons. The van der Waals surface area contributed by atoms with Crippen LogP contribution >= 0.6 is 0 Å². The fraction of sp³-hybridized carbons (Fsp3) is 0.133. The zero-order valence-electron chi connectivity index (χ0n) is 10.9. The summed E-state index contributed by atoms with van der Waals surface area (Å²) in [5.41, 5.74) is 10.2. The van der Waals surface area contributed by atoms with Crippen molar-refractivity contribution in [2.75, 3.05) is 5.73 Å². The van der Waals surface area contributed by atoms with Crippen LogP contribution in [0, 0.1) is 6.92 Å². The van der Waals surface area contributed by atoms with Gasteiger partial charge in [0.15, 0.2) is 0 Å². The summed E-state index contributed by atoms with van der Waals surface area (Å²) < 4.78 is 3.33. The van der Waals surface area contributed by atoms with Gasteiger partial charge in [0.05, 0.1) is 16.7 Å². The van der Waals surface area contributed by atoms with Gasteiger partial charge in [0.2, 0.25) is 0 Å². The zero-order chi connectivity index (χ0) is 13.6. The number of hydrogen-bond acceptors (Lipinski definition) is 2. The zero-order valence-corrected chi connectivity index (χ0v) is 10.9. The standard InChI is InChI=1S/C15H15N3O/c1-10-7-8-11(9-12(10)16)18-14-6-4-3-5-13(14)17(2)15(18)19/h3-9H,16H2,1-2H3. The van der Waals surface area contributed by atoms with Crippen LogP contribution in [0.3, 0.4) is 0 Å². The van der Waals surface area contributed by atoms with E-state index in [-0.39, 0.29) is 5.69 Å². The van der Waals surface area contributed by atoms with Crippen LogP contribution in [0.5, 0.6) is 0 Å². The molecule has 3 aromatic rings. The minimum Gasteiger partial charge on any atom is -0.398 e. The Balaban J connectivity index is 2.39. The van der Waals surface area contributed by atoms with Crippen molar-refractivity contribution in [3.63, 3.8) is 0 Å². The highest BCUT2D eigenvalue weighted by Gasteiger charge is 2.11. The Bertz CT molecular complexity index is 827. The lowest BCUT2D eigenvalue weighted by atomic mass is 10.2. The topological polar surface area (TPSA) is 53.0 Å². The average molecular weight is 253 g/mol. The van der Waals surface area contributed by atoms with E-state index in [1.807, 2.05) is 49.4 Å². The first-order chi connectivity index (χ1) is 9.09. The molecule has 2 N–H and O–H groups in total. The van der Waals surface area contributed by atoms with Crippen LogP contribution in [-0.2, 0) is 7.05 Å². The van der Waals surface area contributed by atoms with E-state index in [2.05, 4.69) is 0 Å². The van der Waals surface area contributed by atoms with Crippen molar-refractivity contribution >= 4 is 16.7 Å². The molecule has 0 aliphatic carbocycles. The smallest absolute Gasteiger partial charge is 0.333 e. The molecule has 3 rings (SSSR count). The van der Waals surface area contributed by atoms with Crippen LogP contribution in [0.1, 0.15) is 5.56 Å². The van der Waals surface area contributed by atoms with E-state index in [4.69, 9.17) is 5.73 Å². The fourth-order valence-corrected chi connectivity index (χ4v) is 2.31. The van der Waals surface area contributed by atoms with Gasteiger partial charge in [0, 0.05) is 12.7 Å². The lowest BCUT2D eigenvalue weighted by Crippen LogP contribution is -2.20. The monoisotopic (exact) mass is 253 g/mol. The molecule has 1 heterocycles. The number of imidazole rings is 1. The number of rotatable bonds is 1. The molecule has 4 heteroatoms. The third-order valence-electron chi connectivity index (χ3n) is 3.48. The summed E-state index contributed by atoms with van der Waals surface area (Å²) in [6.45, 7) is 1.95. The number of aryl methyl sites for hydroxylation is 2. The molecule has 0 aliphatic rings. The summed E-state index contributed by atoms with van der Waals surface area (Å²) in [5.74, 6) is 0. The first-order valence-corrected chi connectivity index (χ1v) is 6.12. The van der Waals surface area contributed by atoms with Crippen LogP contribution in [0.4, 0.5) is 5.69 Å². The number of anilines is 1. The molecular weight excluding hydrogens is 238 g/mol. The molecule has 0 aliphatic heterocycles. The summed E-state index contributed by atoms with van der Waals surface area (Å²) in [6, 6.07) is 13.4. The molecule has 0 radical (unpaired) electrons. The number of fused-ring (bicyclic) bond motifs is 1. The van der Waals surface area contributed by atoms with Gasteiger partial charge in [-0.15, -0.1) is 0 Å². The second-order valence-corrected chi connectivity index (χ2v) is 4.71. The second kappa shape index (κ2) is 4.02. The number of nitrogens with two attached hydrogens (primary N) is 1. The van der Waals surface area contributed by atoms with E-state index in [0.717, 1.165) is 22.3 Å². The van der Waals surface area contributed by atoms with Gasteiger partial charge in [-0.25, -0.2) is 4.79 Å². The predicted molar refractivity (Wildman–Crippen MR) is 77.7 cm³/mol. The molecule has 0 atom stereocenters. The number of hydrogen-bond donors (Lipinski definition) is 1. The van der Waals surface area contributed by atoms with E-state index >= 15 is 0 Å². The van der Waals surface area contributed by atoms with E-state index < -0.39 is 0 Å². The highest BCUT2D eigenvalue weighted by Crippen LogP contribution is 2.20. The maximum atomic E-state index is 12.4. The number of nitrogen functional groups attached to an aromatic ring is 1. The van der Waals surface area contributed by atoms with E-state index in [1.165, 1.54) is 0 Å². The third kappa shape index (κ3) is 1.64. The SMILES string of the molecule is Cc1ccc(-n2c(=O)n(C)c3ccccc32)cc1N. The van der Waals surface area contributed by atoms with Gasteiger partial charge in [-0.05, 0) is 36.8 Å². The van der Waals surface area contributed by atoms with Crippen molar-refractivity contribution in [2.24, 2.45) is 7.05 Å². The first-order valence-electron chi connectivity index (χ1n) is 6.12. The molecule has 19 heavy (non-hydrogen) atoms. The second-order valence-electron chi connectivity index (χ2n) is 4.71. The van der Waals surface area contributed by atoms with Crippen LogP contribution < -0.4 is 11.4 Å². The summed E-state index contributed by atoms with van der Waals surface area (Å²) in [5, 5.41) is 0. The Morgan fingerprint density at radius 2 is 1.74 bits per heavy atom. The molecular formula is C15H15N3O. The molecule has 0 bridgehead atoms. The lowest BCUT2D eigenvalue weighted by molar-refractivity contribution is 0.846. The van der Waals surface area contributed by atoms with Gasteiger partial charge in [0.1, 0.15) is 0 Å². The molecule has 1 aromatic heterocycles. The van der Waals surface area contributed by atoms with Gasteiger partial charge < -0.3 is 5.73 Å². The van der Waals surface area contributed by atoms with Crippen molar-refractivity contribution in [3.05, 3.63) is 58.5 Å². The summed E-state index contributed by atoms with van der Waals surface area (Å²) in [6.07, 6.45) is 0. The van der Waals surface area contributed by atoms with Gasteiger partial charge in [-0.1, -0.05) is 18.2 Å².